The molecule has 0 bridgehead atoms. The number of carboxylic acid groups (broad SMARTS) is 1. The fourth-order valence-corrected chi connectivity index (χ4v) is 2.99. The molecule has 0 aliphatic carbocycles. The number of carbonyl (C=O) groups is 2. The van der Waals surface area contributed by atoms with E-state index < -0.39 is 17.9 Å². The van der Waals surface area contributed by atoms with Gasteiger partial charge in [0.2, 0.25) is 0 Å². The van der Waals surface area contributed by atoms with Gasteiger partial charge in [-0.25, -0.2) is 9.48 Å². The Morgan fingerprint density at radius 2 is 2.04 bits per heavy atom. The summed E-state index contributed by atoms with van der Waals surface area (Å²) in [6.07, 6.45) is 1.86. The molecule has 2 rings (SSSR count). The number of benzene rings is 1. The van der Waals surface area contributed by atoms with E-state index in [0.717, 1.165) is 11.4 Å². The third kappa shape index (κ3) is 4.38. The Morgan fingerprint density at radius 3 is 2.67 bits per heavy atom. The Bertz CT molecular complexity index is 700. The second-order valence-electron chi connectivity index (χ2n) is 5.24. The second kappa shape index (κ2) is 8.54. The van der Waals surface area contributed by atoms with Crippen LogP contribution in [0.4, 0.5) is 0 Å². The Balaban J connectivity index is 2.12. The van der Waals surface area contributed by atoms with Crippen molar-refractivity contribution in [1.82, 2.24) is 15.1 Å². The Kier molecular flexibility index (Phi) is 6.43. The van der Waals surface area contributed by atoms with E-state index in [2.05, 4.69) is 10.4 Å². The first-order chi connectivity index (χ1) is 11.5. The number of hydrogen-bond acceptors (Lipinski definition) is 4. The van der Waals surface area contributed by atoms with Crippen LogP contribution in [-0.4, -0.2) is 44.3 Å². The van der Waals surface area contributed by atoms with Crippen LogP contribution in [0.1, 0.15) is 29.4 Å². The predicted molar refractivity (Wildman–Crippen MR) is 94.8 cm³/mol. The van der Waals surface area contributed by atoms with Gasteiger partial charge < -0.3 is 10.4 Å². The summed E-state index contributed by atoms with van der Waals surface area (Å²) in [6, 6.07) is 8.58. The van der Waals surface area contributed by atoms with Crippen LogP contribution in [0.5, 0.6) is 0 Å². The lowest BCUT2D eigenvalue weighted by atomic mass is 10.2. The zero-order valence-electron chi connectivity index (χ0n) is 13.7. The van der Waals surface area contributed by atoms with Crippen LogP contribution >= 0.6 is 11.8 Å². The normalized spacial score (nSPS) is 11.9. The molecular formula is C17H21N3O3S. The summed E-state index contributed by atoms with van der Waals surface area (Å²) in [6.45, 7) is 3.80. The number of aliphatic carboxylic acids is 1. The minimum Gasteiger partial charge on any atom is -0.480 e. The summed E-state index contributed by atoms with van der Waals surface area (Å²) in [4.78, 5) is 23.8. The first-order valence-electron chi connectivity index (χ1n) is 7.76. The van der Waals surface area contributed by atoms with E-state index in [1.54, 1.807) is 23.4 Å². The van der Waals surface area contributed by atoms with Crippen molar-refractivity contribution in [2.75, 3.05) is 11.5 Å². The second-order valence-corrected chi connectivity index (χ2v) is 6.63. The van der Waals surface area contributed by atoms with E-state index in [4.69, 9.17) is 0 Å². The number of hydrogen-bond donors (Lipinski definition) is 2. The first-order valence-corrected chi connectivity index (χ1v) is 8.91. The molecule has 1 heterocycles. The number of amides is 1. The zero-order valence-corrected chi connectivity index (χ0v) is 14.5. The highest BCUT2D eigenvalue weighted by Crippen LogP contribution is 2.14. The molecule has 2 N–H and O–H groups in total. The van der Waals surface area contributed by atoms with E-state index >= 15 is 0 Å². The summed E-state index contributed by atoms with van der Waals surface area (Å²) in [5, 5.41) is 16.1. The molecule has 0 radical (unpaired) electrons. The van der Waals surface area contributed by atoms with Gasteiger partial charge in [-0.3, -0.25) is 4.79 Å². The molecule has 1 aromatic heterocycles. The van der Waals surface area contributed by atoms with E-state index in [1.165, 1.54) is 6.20 Å². The molecule has 0 saturated heterocycles. The van der Waals surface area contributed by atoms with Gasteiger partial charge >= 0.3 is 5.97 Å². The van der Waals surface area contributed by atoms with Gasteiger partial charge in [0.05, 0.1) is 23.1 Å². The van der Waals surface area contributed by atoms with Gasteiger partial charge in [0.1, 0.15) is 6.04 Å². The van der Waals surface area contributed by atoms with Crippen molar-refractivity contribution >= 4 is 23.6 Å². The lowest BCUT2D eigenvalue weighted by Gasteiger charge is -2.14. The topological polar surface area (TPSA) is 84.2 Å². The van der Waals surface area contributed by atoms with E-state index in [1.807, 2.05) is 37.3 Å². The Hall–Kier alpha value is -2.28. The van der Waals surface area contributed by atoms with Crippen LogP contribution in [0.3, 0.4) is 0 Å². The number of para-hydroxylation sites is 1. The number of carboxylic acids is 1. The van der Waals surface area contributed by atoms with Crippen LogP contribution in [0.2, 0.25) is 0 Å². The molecule has 0 saturated carbocycles. The number of aromatic nitrogens is 2. The maximum atomic E-state index is 12.4. The summed E-state index contributed by atoms with van der Waals surface area (Å²) in [7, 11) is 0. The Labute approximate surface area is 145 Å². The molecule has 6 nitrogen and oxygen atoms in total. The Morgan fingerprint density at radius 1 is 1.33 bits per heavy atom. The van der Waals surface area contributed by atoms with E-state index in [-0.39, 0.29) is 0 Å². The van der Waals surface area contributed by atoms with Crippen molar-refractivity contribution in [3.63, 3.8) is 0 Å². The molecule has 7 heteroatoms. The fourth-order valence-electron chi connectivity index (χ4n) is 2.30. The minimum atomic E-state index is -1.02. The van der Waals surface area contributed by atoms with E-state index in [0.29, 0.717) is 23.4 Å². The van der Waals surface area contributed by atoms with Gasteiger partial charge in [-0.1, -0.05) is 25.1 Å². The average molecular weight is 347 g/mol. The van der Waals surface area contributed by atoms with Crippen LogP contribution in [0, 0.1) is 6.92 Å². The molecular weight excluding hydrogens is 326 g/mol. The van der Waals surface area contributed by atoms with Crippen molar-refractivity contribution in [3.8, 4) is 5.69 Å². The molecule has 1 aromatic carbocycles. The zero-order chi connectivity index (χ0) is 17.5. The highest BCUT2D eigenvalue weighted by molar-refractivity contribution is 7.99. The van der Waals surface area contributed by atoms with Crippen LogP contribution in [-0.2, 0) is 4.79 Å². The van der Waals surface area contributed by atoms with Crippen LogP contribution in [0.15, 0.2) is 36.5 Å². The molecule has 1 amide bonds. The van der Waals surface area contributed by atoms with Crippen molar-refractivity contribution in [2.24, 2.45) is 0 Å². The molecule has 1 unspecified atom stereocenters. The molecule has 24 heavy (non-hydrogen) atoms. The van der Waals surface area contributed by atoms with Crippen molar-refractivity contribution < 1.29 is 14.7 Å². The molecule has 0 aliphatic heterocycles. The van der Waals surface area contributed by atoms with Gasteiger partial charge in [-0.2, -0.15) is 16.9 Å². The molecule has 1 atom stereocenters. The molecule has 0 aliphatic rings. The summed E-state index contributed by atoms with van der Waals surface area (Å²) in [5.74, 6) is 0.177. The highest BCUT2D eigenvalue weighted by atomic mass is 32.2. The maximum Gasteiger partial charge on any atom is 0.326 e. The van der Waals surface area contributed by atoms with Crippen LogP contribution in [0.25, 0.3) is 5.69 Å². The quantitative estimate of drug-likeness (QED) is 0.717. The first kappa shape index (κ1) is 18.1. The SMILES string of the molecule is CCSCCC(NC(=O)c1cnn(-c2ccccc2)c1C)C(=O)O. The predicted octanol–water partition coefficient (Wildman–Crippen LogP) is 2.51. The molecule has 2 aromatic rings. The third-order valence-electron chi connectivity index (χ3n) is 3.61. The van der Waals surface area contributed by atoms with Gasteiger partial charge in [-0.15, -0.1) is 0 Å². The maximum absolute atomic E-state index is 12.4. The van der Waals surface area contributed by atoms with Crippen LogP contribution < -0.4 is 5.32 Å². The molecule has 0 fully saturated rings. The number of nitrogens with zero attached hydrogens (tertiary/aromatic N) is 2. The third-order valence-corrected chi connectivity index (χ3v) is 4.55. The number of carbonyl (C=O) groups excluding carboxylic acids is 1. The fraction of sp³-hybridized carbons (Fsp3) is 0.353. The number of nitrogens with one attached hydrogen (secondary N) is 1. The monoisotopic (exact) mass is 347 g/mol. The van der Waals surface area contributed by atoms with Crippen molar-refractivity contribution in [1.29, 1.82) is 0 Å². The molecule has 128 valence electrons. The van der Waals surface area contributed by atoms with Crippen molar-refractivity contribution in [2.45, 2.75) is 26.3 Å². The largest absolute Gasteiger partial charge is 0.480 e. The van der Waals surface area contributed by atoms with Gasteiger partial charge in [0, 0.05) is 0 Å². The van der Waals surface area contributed by atoms with Crippen molar-refractivity contribution in [3.05, 3.63) is 47.8 Å². The summed E-state index contributed by atoms with van der Waals surface area (Å²) < 4.78 is 1.66. The number of rotatable bonds is 8. The smallest absolute Gasteiger partial charge is 0.326 e. The molecule has 0 spiro atoms. The van der Waals surface area contributed by atoms with Gasteiger partial charge in [0.15, 0.2) is 0 Å². The summed E-state index contributed by atoms with van der Waals surface area (Å²) >= 11 is 1.65. The average Bonchev–Trinajstić information content (AvgIpc) is 2.96. The van der Waals surface area contributed by atoms with Gasteiger partial charge in [-0.05, 0) is 37.0 Å². The lowest BCUT2D eigenvalue weighted by molar-refractivity contribution is -0.139. The minimum absolute atomic E-state index is 0.383. The lowest BCUT2D eigenvalue weighted by Crippen LogP contribution is -2.41. The number of thioether (sulfide) groups is 1. The highest BCUT2D eigenvalue weighted by Gasteiger charge is 2.23. The van der Waals surface area contributed by atoms with E-state index in [9.17, 15) is 14.7 Å². The van der Waals surface area contributed by atoms with Gasteiger partial charge in [0.25, 0.3) is 5.91 Å². The standard InChI is InChI=1S/C17H21N3O3S/c1-3-24-10-9-15(17(22)23)19-16(21)14-11-18-20(12(14)2)13-7-5-4-6-8-13/h4-8,11,15H,3,9-10H2,1-2H3,(H,19,21)(H,22,23). The summed E-state index contributed by atoms with van der Waals surface area (Å²) in [5.41, 5.74) is 1.90.